The first-order valence-electron chi connectivity index (χ1n) is 10.8. The quantitative estimate of drug-likeness (QED) is 0.289. The van der Waals surface area contributed by atoms with Gasteiger partial charge in [-0.3, -0.25) is 4.79 Å². The zero-order valence-electron chi connectivity index (χ0n) is 19.0. The normalized spacial score (nSPS) is 14.1. The first kappa shape index (κ1) is 25.8. The van der Waals surface area contributed by atoms with Crippen LogP contribution in [0.5, 0.6) is 0 Å². The Morgan fingerprint density at radius 3 is 2.44 bits per heavy atom. The van der Waals surface area contributed by atoms with Crippen molar-refractivity contribution in [2.75, 3.05) is 23.4 Å². The van der Waals surface area contributed by atoms with Crippen molar-refractivity contribution in [2.45, 2.75) is 42.9 Å². The maximum absolute atomic E-state index is 13.7. The van der Waals surface area contributed by atoms with E-state index in [1.807, 2.05) is 0 Å². The van der Waals surface area contributed by atoms with E-state index < -0.39 is 29.5 Å². The molecule has 36 heavy (non-hydrogen) atoms. The van der Waals surface area contributed by atoms with E-state index >= 15 is 0 Å². The van der Waals surface area contributed by atoms with Crippen LogP contribution in [0.4, 0.5) is 37.8 Å². The second-order valence-corrected chi connectivity index (χ2v) is 9.22. The van der Waals surface area contributed by atoms with E-state index in [0.717, 1.165) is 29.2 Å². The molecule has 1 aliphatic carbocycles. The molecule has 0 spiro atoms. The van der Waals surface area contributed by atoms with Crippen molar-refractivity contribution in [3.05, 3.63) is 53.2 Å². The van der Waals surface area contributed by atoms with E-state index in [1.54, 1.807) is 6.92 Å². The van der Waals surface area contributed by atoms with Gasteiger partial charge in [0, 0.05) is 24.1 Å². The second kappa shape index (κ2) is 9.64. The highest BCUT2D eigenvalue weighted by Gasteiger charge is 2.40. The number of nitrogens with one attached hydrogen (secondary N) is 2. The SMILES string of the molecule is CCSc1cc(-n2ccc(C(F)(F)F)n2)cnc1C(=O)Nc1cc(C(F)(F)F)c(C2CC2)nc1NC. The summed E-state index contributed by atoms with van der Waals surface area (Å²) in [5.74, 6) is -0.494. The minimum atomic E-state index is -4.65. The van der Waals surface area contributed by atoms with Crippen LogP contribution in [0.3, 0.4) is 0 Å². The number of rotatable bonds is 7. The van der Waals surface area contributed by atoms with Gasteiger partial charge in [-0.2, -0.15) is 31.4 Å². The van der Waals surface area contributed by atoms with Crippen LogP contribution in [0.25, 0.3) is 5.69 Å². The van der Waals surface area contributed by atoms with Gasteiger partial charge in [-0.15, -0.1) is 11.8 Å². The maximum Gasteiger partial charge on any atom is 0.435 e. The molecule has 0 atom stereocenters. The van der Waals surface area contributed by atoms with Crippen molar-refractivity contribution in [1.82, 2.24) is 19.7 Å². The summed E-state index contributed by atoms with van der Waals surface area (Å²) in [7, 11) is 1.48. The van der Waals surface area contributed by atoms with E-state index in [-0.39, 0.29) is 34.5 Å². The van der Waals surface area contributed by atoms with E-state index in [0.29, 0.717) is 23.5 Å². The van der Waals surface area contributed by atoms with Crippen molar-refractivity contribution in [1.29, 1.82) is 0 Å². The van der Waals surface area contributed by atoms with Crippen LogP contribution in [0.1, 0.15) is 53.1 Å². The molecule has 0 aromatic carbocycles. The predicted octanol–water partition coefficient (Wildman–Crippen LogP) is 5.98. The molecular weight excluding hydrogens is 510 g/mol. The van der Waals surface area contributed by atoms with E-state index in [4.69, 9.17) is 0 Å². The summed E-state index contributed by atoms with van der Waals surface area (Å²) in [6, 6.07) is 3.11. The lowest BCUT2D eigenvalue weighted by molar-refractivity contribution is -0.141. The Morgan fingerprint density at radius 2 is 1.89 bits per heavy atom. The van der Waals surface area contributed by atoms with E-state index in [2.05, 4.69) is 25.7 Å². The van der Waals surface area contributed by atoms with Gasteiger partial charge in [0.25, 0.3) is 5.91 Å². The van der Waals surface area contributed by atoms with Crippen LogP contribution in [-0.4, -0.2) is 38.5 Å². The zero-order valence-corrected chi connectivity index (χ0v) is 19.8. The fourth-order valence-corrected chi connectivity index (χ4v) is 4.30. The van der Waals surface area contributed by atoms with Gasteiger partial charge in [-0.1, -0.05) is 6.92 Å². The minimum Gasteiger partial charge on any atom is -0.371 e. The Morgan fingerprint density at radius 1 is 1.17 bits per heavy atom. The molecule has 4 rings (SSSR count). The molecule has 0 unspecified atom stereocenters. The Bertz CT molecular complexity index is 1290. The van der Waals surface area contributed by atoms with Gasteiger partial charge >= 0.3 is 12.4 Å². The summed E-state index contributed by atoms with van der Waals surface area (Å²) in [4.78, 5) is 21.6. The molecule has 1 amide bonds. The Kier molecular flexibility index (Phi) is 6.90. The number of anilines is 2. The molecule has 7 nitrogen and oxygen atoms in total. The van der Waals surface area contributed by atoms with E-state index in [1.165, 1.54) is 24.9 Å². The van der Waals surface area contributed by atoms with Gasteiger partial charge in [0.1, 0.15) is 11.5 Å². The van der Waals surface area contributed by atoms with Crippen LogP contribution in [-0.2, 0) is 12.4 Å². The number of hydrogen-bond donors (Lipinski definition) is 2. The lowest BCUT2D eigenvalue weighted by Gasteiger charge is -2.18. The summed E-state index contributed by atoms with van der Waals surface area (Å²) < 4.78 is 80.8. The summed E-state index contributed by atoms with van der Waals surface area (Å²) in [5, 5.41) is 8.66. The van der Waals surface area contributed by atoms with Crippen LogP contribution in [0, 0.1) is 0 Å². The molecule has 0 saturated heterocycles. The number of pyridine rings is 2. The standard InChI is InChI=1S/C22H20F6N6OS/c1-3-36-15-8-12(34-7-6-16(33-34)22(26,27)28)10-30-18(15)20(35)31-14-9-13(21(23,24)25)17(11-4-5-11)32-19(14)29-2/h6-11H,3-5H2,1-2H3,(H,29,32)(H,31,35). The van der Waals surface area contributed by atoms with Crippen molar-refractivity contribution >= 4 is 29.2 Å². The minimum absolute atomic E-state index is 0.0630. The van der Waals surface area contributed by atoms with Crippen molar-refractivity contribution in [2.24, 2.45) is 0 Å². The van der Waals surface area contributed by atoms with Gasteiger partial charge in [0.15, 0.2) is 5.69 Å². The molecule has 1 saturated carbocycles. The number of halogens is 6. The summed E-state index contributed by atoms with van der Waals surface area (Å²) in [6.07, 6.45) is -5.78. The third-order valence-electron chi connectivity index (χ3n) is 5.30. The van der Waals surface area contributed by atoms with Gasteiger partial charge in [0.2, 0.25) is 0 Å². The topological polar surface area (TPSA) is 84.7 Å². The lowest BCUT2D eigenvalue weighted by Crippen LogP contribution is -2.19. The Hall–Kier alpha value is -3.29. The number of amides is 1. The largest absolute Gasteiger partial charge is 0.435 e. The number of hydrogen-bond acceptors (Lipinski definition) is 6. The van der Waals surface area contributed by atoms with Crippen LogP contribution in [0.2, 0.25) is 0 Å². The third-order valence-corrected chi connectivity index (χ3v) is 6.21. The number of nitrogens with zero attached hydrogens (tertiary/aromatic N) is 4. The third kappa shape index (κ3) is 5.42. The number of carbonyl (C=O) groups is 1. The Labute approximate surface area is 205 Å². The summed E-state index contributed by atoms with van der Waals surface area (Å²) >= 11 is 1.20. The molecule has 3 aromatic heterocycles. The molecule has 1 aliphatic rings. The first-order valence-corrected chi connectivity index (χ1v) is 11.8. The smallest absolute Gasteiger partial charge is 0.371 e. The zero-order chi connectivity index (χ0) is 26.3. The van der Waals surface area contributed by atoms with Crippen LogP contribution < -0.4 is 10.6 Å². The maximum atomic E-state index is 13.7. The molecule has 14 heteroatoms. The molecule has 192 valence electrons. The molecule has 2 N–H and O–H groups in total. The predicted molar refractivity (Wildman–Crippen MR) is 121 cm³/mol. The van der Waals surface area contributed by atoms with Crippen LogP contribution in [0.15, 0.2) is 35.5 Å². The molecule has 1 fully saturated rings. The molecular formula is C22H20F6N6OS. The monoisotopic (exact) mass is 530 g/mol. The molecule has 0 aliphatic heterocycles. The first-order chi connectivity index (χ1) is 16.9. The summed E-state index contributed by atoms with van der Waals surface area (Å²) in [5.41, 5.74) is -2.15. The van der Waals surface area contributed by atoms with Crippen molar-refractivity contribution < 1.29 is 31.1 Å². The average molecular weight is 530 g/mol. The van der Waals surface area contributed by atoms with Gasteiger partial charge < -0.3 is 10.6 Å². The van der Waals surface area contributed by atoms with Gasteiger partial charge in [0.05, 0.1) is 28.8 Å². The highest BCUT2D eigenvalue weighted by atomic mass is 32.2. The Balaban J connectivity index is 1.67. The molecule has 3 heterocycles. The van der Waals surface area contributed by atoms with Gasteiger partial charge in [-0.05, 0) is 36.8 Å². The number of thioether (sulfide) groups is 1. The fourth-order valence-electron chi connectivity index (χ4n) is 3.50. The second-order valence-electron chi connectivity index (χ2n) is 7.91. The van der Waals surface area contributed by atoms with Gasteiger partial charge in [-0.25, -0.2) is 14.6 Å². The highest BCUT2D eigenvalue weighted by Crippen LogP contribution is 2.46. The van der Waals surface area contributed by atoms with Crippen molar-refractivity contribution in [3.8, 4) is 5.69 Å². The fraction of sp³-hybridized carbons (Fsp3) is 0.364. The summed E-state index contributed by atoms with van der Waals surface area (Å²) in [6.45, 7) is 1.80. The molecule has 0 radical (unpaired) electrons. The van der Waals surface area contributed by atoms with Crippen LogP contribution >= 0.6 is 11.8 Å². The number of aromatic nitrogens is 4. The van der Waals surface area contributed by atoms with E-state index in [9.17, 15) is 31.1 Å². The highest BCUT2D eigenvalue weighted by molar-refractivity contribution is 7.99. The number of alkyl halides is 6. The average Bonchev–Trinajstić information content (AvgIpc) is 3.52. The van der Waals surface area contributed by atoms with Crippen molar-refractivity contribution in [3.63, 3.8) is 0 Å². The lowest BCUT2D eigenvalue weighted by atomic mass is 10.1. The molecule has 0 bridgehead atoms. The number of carbonyl (C=O) groups excluding carboxylic acids is 1. The molecule has 3 aromatic rings.